The second-order valence-corrected chi connectivity index (χ2v) is 3.81. The number of pyridine rings is 1. The fraction of sp³-hybridized carbons (Fsp3) is 0.273. The van der Waals surface area contributed by atoms with E-state index in [1.807, 2.05) is 0 Å². The molecular weight excluding hydrogens is 247 g/mol. The van der Waals surface area contributed by atoms with Crippen LogP contribution in [0.5, 0.6) is 0 Å². The van der Waals surface area contributed by atoms with Crippen molar-refractivity contribution < 1.29 is 18.3 Å². The SMILES string of the molecule is Cn1cncc1C(O)c1ccc(C(F)(F)F)nc1. The first-order valence-electron chi connectivity index (χ1n) is 5.07. The highest BCUT2D eigenvalue weighted by atomic mass is 19.4. The van der Waals surface area contributed by atoms with Crippen LogP contribution in [0.1, 0.15) is 23.1 Å². The molecule has 4 nitrogen and oxygen atoms in total. The van der Waals surface area contributed by atoms with E-state index in [0.717, 1.165) is 12.3 Å². The summed E-state index contributed by atoms with van der Waals surface area (Å²) in [5.74, 6) is 0. The second-order valence-electron chi connectivity index (χ2n) is 3.81. The molecule has 2 aromatic heterocycles. The zero-order valence-corrected chi connectivity index (χ0v) is 9.39. The number of aromatic nitrogens is 3. The van der Waals surface area contributed by atoms with Gasteiger partial charge in [0.1, 0.15) is 11.8 Å². The third kappa shape index (κ3) is 2.35. The third-order valence-corrected chi connectivity index (χ3v) is 2.53. The molecule has 0 aliphatic heterocycles. The third-order valence-electron chi connectivity index (χ3n) is 2.53. The van der Waals surface area contributed by atoms with Gasteiger partial charge in [-0.05, 0) is 6.07 Å². The number of imidazole rings is 1. The molecule has 0 saturated heterocycles. The lowest BCUT2D eigenvalue weighted by molar-refractivity contribution is -0.141. The number of aliphatic hydroxyl groups is 1. The molecule has 0 spiro atoms. The van der Waals surface area contributed by atoms with E-state index in [9.17, 15) is 18.3 Å². The molecule has 2 heterocycles. The van der Waals surface area contributed by atoms with Gasteiger partial charge in [0, 0.05) is 18.8 Å². The van der Waals surface area contributed by atoms with E-state index >= 15 is 0 Å². The van der Waals surface area contributed by atoms with E-state index in [1.165, 1.54) is 18.6 Å². The highest BCUT2D eigenvalue weighted by Gasteiger charge is 2.32. The summed E-state index contributed by atoms with van der Waals surface area (Å²) in [5.41, 5.74) is -0.216. The van der Waals surface area contributed by atoms with Crippen molar-refractivity contribution in [3.63, 3.8) is 0 Å². The van der Waals surface area contributed by atoms with Crippen LogP contribution in [0.15, 0.2) is 30.9 Å². The van der Waals surface area contributed by atoms with Gasteiger partial charge >= 0.3 is 6.18 Å². The summed E-state index contributed by atoms with van der Waals surface area (Å²) in [7, 11) is 1.68. The lowest BCUT2D eigenvalue weighted by Gasteiger charge is -2.12. The highest BCUT2D eigenvalue weighted by molar-refractivity contribution is 5.24. The van der Waals surface area contributed by atoms with Crippen molar-refractivity contribution in [1.29, 1.82) is 0 Å². The maximum Gasteiger partial charge on any atom is 0.433 e. The monoisotopic (exact) mass is 257 g/mol. The number of halogens is 3. The Labute approximate surface area is 101 Å². The van der Waals surface area contributed by atoms with Crippen LogP contribution in [0.3, 0.4) is 0 Å². The molecule has 0 amide bonds. The first-order chi connectivity index (χ1) is 8.39. The van der Waals surface area contributed by atoms with Gasteiger partial charge in [0.15, 0.2) is 0 Å². The van der Waals surface area contributed by atoms with Gasteiger partial charge in [0.25, 0.3) is 0 Å². The van der Waals surface area contributed by atoms with Crippen LogP contribution in [0.25, 0.3) is 0 Å². The molecule has 1 unspecified atom stereocenters. The van der Waals surface area contributed by atoms with Crippen LogP contribution in [0, 0.1) is 0 Å². The van der Waals surface area contributed by atoms with Crippen LogP contribution in [0.4, 0.5) is 13.2 Å². The first-order valence-corrected chi connectivity index (χ1v) is 5.07. The Kier molecular flexibility index (Phi) is 3.08. The summed E-state index contributed by atoms with van der Waals surface area (Å²) in [6, 6.07) is 2.04. The maximum atomic E-state index is 12.3. The van der Waals surface area contributed by atoms with E-state index in [0.29, 0.717) is 5.69 Å². The van der Waals surface area contributed by atoms with E-state index in [-0.39, 0.29) is 5.56 Å². The topological polar surface area (TPSA) is 50.9 Å². The largest absolute Gasteiger partial charge is 0.433 e. The average molecular weight is 257 g/mol. The molecule has 96 valence electrons. The Morgan fingerprint density at radius 3 is 2.44 bits per heavy atom. The van der Waals surface area contributed by atoms with Crippen molar-refractivity contribution in [2.75, 3.05) is 0 Å². The Hall–Kier alpha value is -1.89. The number of aryl methyl sites for hydroxylation is 1. The minimum absolute atomic E-state index is 0.284. The summed E-state index contributed by atoms with van der Waals surface area (Å²) in [5, 5.41) is 9.97. The molecule has 0 fully saturated rings. The fourth-order valence-electron chi connectivity index (χ4n) is 1.54. The van der Waals surface area contributed by atoms with Gasteiger partial charge < -0.3 is 9.67 Å². The van der Waals surface area contributed by atoms with Crippen LogP contribution < -0.4 is 0 Å². The minimum atomic E-state index is -4.48. The molecule has 0 aromatic carbocycles. The van der Waals surface area contributed by atoms with Crippen molar-refractivity contribution in [3.8, 4) is 0 Å². The summed E-state index contributed by atoms with van der Waals surface area (Å²) in [6.07, 6.45) is -1.57. The number of aliphatic hydroxyl groups excluding tert-OH is 1. The number of alkyl halides is 3. The lowest BCUT2D eigenvalue weighted by atomic mass is 10.1. The van der Waals surface area contributed by atoms with Crippen molar-refractivity contribution >= 4 is 0 Å². The zero-order valence-electron chi connectivity index (χ0n) is 9.39. The van der Waals surface area contributed by atoms with Crippen LogP contribution in [0.2, 0.25) is 0 Å². The standard InChI is InChI=1S/C11H10F3N3O/c1-17-6-15-5-8(17)10(18)7-2-3-9(16-4-7)11(12,13)14/h2-6,10,18H,1H3. The molecule has 0 radical (unpaired) electrons. The van der Waals surface area contributed by atoms with Gasteiger partial charge in [-0.3, -0.25) is 4.98 Å². The Bertz CT molecular complexity index is 533. The predicted molar refractivity (Wildman–Crippen MR) is 56.5 cm³/mol. The Balaban J connectivity index is 2.28. The van der Waals surface area contributed by atoms with E-state index in [2.05, 4.69) is 9.97 Å². The molecule has 18 heavy (non-hydrogen) atoms. The molecule has 2 aromatic rings. The molecule has 1 N–H and O–H groups in total. The summed E-state index contributed by atoms with van der Waals surface area (Å²) in [4.78, 5) is 7.12. The molecule has 2 rings (SSSR count). The van der Waals surface area contributed by atoms with E-state index in [1.54, 1.807) is 11.6 Å². The first kappa shape index (κ1) is 12.6. The van der Waals surface area contributed by atoms with Gasteiger partial charge in [-0.25, -0.2) is 4.98 Å². The van der Waals surface area contributed by atoms with Crippen molar-refractivity contribution in [2.24, 2.45) is 7.05 Å². The summed E-state index contributed by atoms with van der Waals surface area (Å²) >= 11 is 0. The Morgan fingerprint density at radius 2 is 2.00 bits per heavy atom. The van der Waals surface area contributed by atoms with Crippen molar-refractivity contribution in [1.82, 2.24) is 14.5 Å². The van der Waals surface area contributed by atoms with E-state index < -0.39 is 18.0 Å². The average Bonchev–Trinajstić information content (AvgIpc) is 2.73. The molecule has 1 atom stereocenters. The van der Waals surface area contributed by atoms with Crippen LogP contribution in [-0.4, -0.2) is 19.6 Å². The maximum absolute atomic E-state index is 12.3. The van der Waals surface area contributed by atoms with Crippen molar-refractivity contribution in [2.45, 2.75) is 12.3 Å². The molecule has 0 saturated carbocycles. The normalized spacial score (nSPS) is 13.6. The van der Waals surface area contributed by atoms with Gasteiger partial charge in [-0.1, -0.05) is 6.07 Å². The Morgan fingerprint density at radius 1 is 1.28 bits per heavy atom. The summed E-state index contributed by atoms with van der Waals surface area (Å²) in [6.45, 7) is 0. The second kappa shape index (κ2) is 4.41. The number of rotatable bonds is 2. The van der Waals surface area contributed by atoms with Crippen molar-refractivity contribution in [3.05, 3.63) is 47.8 Å². The van der Waals surface area contributed by atoms with E-state index in [4.69, 9.17) is 0 Å². The lowest BCUT2D eigenvalue weighted by Crippen LogP contribution is -2.10. The number of hydrogen-bond acceptors (Lipinski definition) is 3. The zero-order chi connectivity index (χ0) is 13.3. The number of hydrogen-bond donors (Lipinski definition) is 1. The number of nitrogens with zero attached hydrogens (tertiary/aromatic N) is 3. The molecule has 0 aliphatic carbocycles. The minimum Gasteiger partial charge on any atom is -0.382 e. The molecular formula is C11H10F3N3O. The summed E-state index contributed by atoms with van der Waals surface area (Å²) < 4.78 is 38.5. The predicted octanol–water partition coefficient (Wildman–Crippen LogP) is 1.92. The molecule has 0 bridgehead atoms. The fourth-order valence-corrected chi connectivity index (χ4v) is 1.54. The smallest absolute Gasteiger partial charge is 0.382 e. The van der Waals surface area contributed by atoms with Gasteiger partial charge in [-0.2, -0.15) is 13.2 Å². The van der Waals surface area contributed by atoms with Crippen LogP contribution >= 0.6 is 0 Å². The highest BCUT2D eigenvalue weighted by Crippen LogP contribution is 2.28. The van der Waals surface area contributed by atoms with Crippen LogP contribution in [-0.2, 0) is 13.2 Å². The quantitative estimate of drug-likeness (QED) is 0.894. The van der Waals surface area contributed by atoms with Gasteiger partial charge in [-0.15, -0.1) is 0 Å². The molecule has 0 aliphatic rings. The molecule has 7 heteroatoms. The van der Waals surface area contributed by atoms with Gasteiger partial charge in [0.05, 0.1) is 18.2 Å². The van der Waals surface area contributed by atoms with Gasteiger partial charge in [0.2, 0.25) is 0 Å².